The number of ether oxygens (including phenoxy) is 1. The van der Waals surface area contributed by atoms with Crippen molar-refractivity contribution < 1.29 is 27.1 Å². The minimum absolute atomic E-state index is 0.109. The number of carbonyl (C=O) groups excluding carboxylic acids is 1. The summed E-state index contributed by atoms with van der Waals surface area (Å²) in [4.78, 5) is 12.1. The Balaban J connectivity index is 1.73. The summed E-state index contributed by atoms with van der Waals surface area (Å²) < 4.78 is 55.7. The molecular weight excluding hydrogens is 374 g/mol. The van der Waals surface area contributed by atoms with Crippen LogP contribution in [0.5, 0.6) is 0 Å². The second-order valence-electron chi connectivity index (χ2n) is 6.76. The predicted octanol–water partition coefficient (Wildman–Crippen LogP) is 6.13. The normalized spacial score (nSPS) is 20.8. The van der Waals surface area contributed by atoms with Crippen LogP contribution in [-0.4, -0.2) is 12.1 Å². The van der Waals surface area contributed by atoms with Gasteiger partial charge < -0.3 is 4.74 Å². The van der Waals surface area contributed by atoms with E-state index in [1.54, 1.807) is 0 Å². The summed E-state index contributed by atoms with van der Waals surface area (Å²) in [6.45, 7) is 0. The number of esters is 1. The van der Waals surface area contributed by atoms with E-state index in [-0.39, 0.29) is 11.7 Å². The highest BCUT2D eigenvalue weighted by Gasteiger charge is 2.30. The average molecular weight is 395 g/mol. The van der Waals surface area contributed by atoms with Crippen molar-refractivity contribution in [1.82, 2.24) is 0 Å². The zero-order valence-electron chi connectivity index (χ0n) is 15.2. The van der Waals surface area contributed by atoms with E-state index in [0.717, 1.165) is 56.0 Å². The Hall–Kier alpha value is -2.62. The van der Waals surface area contributed by atoms with Gasteiger partial charge >= 0.3 is 12.1 Å². The number of benzene rings is 1. The third-order valence-corrected chi connectivity index (χ3v) is 4.74. The second-order valence-corrected chi connectivity index (χ2v) is 6.76. The second kappa shape index (κ2) is 10.1. The molecule has 0 atom stereocenters. The Bertz CT molecular complexity index is 752. The highest BCUT2D eigenvalue weighted by molar-refractivity contribution is 5.89. The van der Waals surface area contributed by atoms with Crippen molar-refractivity contribution >= 4 is 5.97 Å². The largest absolute Gasteiger partial charge is 0.459 e. The Labute approximate surface area is 161 Å². The lowest BCUT2D eigenvalue weighted by Gasteiger charge is -2.28. The zero-order chi connectivity index (χ0) is 20.6. The first-order valence-corrected chi connectivity index (χ1v) is 9.10. The van der Waals surface area contributed by atoms with E-state index in [9.17, 15) is 22.4 Å². The Morgan fingerprint density at radius 2 is 1.82 bits per heavy atom. The van der Waals surface area contributed by atoms with Gasteiger partial charge in [-0.2, -0.15) is 22.8 Å². The first kappa shape index (κ1) is 21.7. The van der Waals surface area contributed by atoms with Crippen LogP contribution in [0.3, 0.4) is 0 Å². The topological polar surface area (TPSA) is 50.1 Å². The number of nitriles is 1. The molecule has 2 rings (SSSR count). The Morgan fingerprint density at radius 3 is 2.39 bits per heavy atom. The number of hydrogen-bond donors (Lipinski definition) is 0. The van der Waals surface area contributed by atoms with Crippen molar-refractivity contribution in [2.45, 2.75) is 50.8 Å². The van der Waals surface area contributed by atoms with E-state index in [1.165, 1.54) is 12.1 Å². The summed E-state index contributed by atoms with van der Waals surface area (Å²) in [6, 6.07) is 5.41. The summed E-state index contributed by atoms with van der Waals surface area (Å²) in [6.07, 6.45) is 4.70. The number of rotatable bonds is 6. The lowest BCUT2D eigenvalue weighted by molar-refractivity contribution is -0.137. The molecule has 28 heavy (non-hydrogen) atoms. The van der Waals surface area contributed by atoms with E-state index in [0.29, 0.717) is 18.8 Å². The van der Waals surface area contributed by atoms with E-state index in [4.69, 9.17) is 10.00 Å². The van der Waals surface area contributed by atoms with Crippen LogP contribution in [-0.2, 0) is 10.9 Å². The van der Waals surface area contributed by atoms with E-state index < -0.39 is 23.5 Å². The van der Waals surface area contributed by atoms with Gasteiger partial charge in [-0.15, -0.1) is 0 Å². The van der Waals surface area contributed by atoms with Gasteiger partial charge in [-0.1, -0.05) is 12.2 Å². The Morgan fingerprint density at radius 1 is 1.18 bits per heavy atom. The highest BCUT2D eigenvalue weighted by atomic mass is 19.4. The number of nitrogens with zero attached hydrogens (tertiary/aromatic N) is 1. The molecule has 1 aromatic rings. The third kappa shape index (κ3) is 6.84. The first-order valence-electron chi connectivity index (χ1n) is 9.10. The van der Waals surface area contributed by atoms with Crippen LogP contribution in [0.15, 0.2) is 48.3 Å². The molecule has 0 heterocycles. The maximum atomic E-state index is 12.6. The van der Waals surface area contributed by atoms with Gasteiger partial charge in [-0.05, 0) is 74.8 Å². The van der Waals surface area contributed by atoms with Gasteiger partial charge in [-0.25, -0.2) is 4.79 Å². The van der Waals surface area contributed by atoms with Gasteiger partial charge in [0.25, 0.3) is 0 Å². The van der Waals surface area contributed by atoms with Gasteiger partial charge in [0, 0.05) is 0 Å². The zero-order valence-corrected chi connectivity index (χ0v) is 15.2. The van der Waals surface area contributed by atoms with E-state index in [2.05, 4.69) is 0 Å². The predicted molar refractivity (Wildman–Crippen MR) is 95.8 cm³/mol. The molecule has 0 bridgehead atoms. The summed E-state index contributed by atoms with van der Waals surface area (Å²) in [7, 11) is 0. The van der Waals surface area contributed by atoms with Gasteiger partial charge in [0.15, 0.2) is 5.83 Å². The fraction of sp³-hybridized carbons (Fsp3) is 0.429. The molecule has 0 saturated heterocycles. The molecule has 0 unspecified atom stereocenters. The molecule has 1 aliphatic carbocycles. The number of hydrogen-bond acceptors (Lipinski definition) is 3. The number of alkyl halides is 3. The van der Waals surface area contributed by atoms with Gasteiger partial charge in [0.2, 0.25) is 0 Å². The van der Waals surface area contributed by atoms with Crippen molar-refractivity contribution in [1.29, 1.82) is 5.26 Å². The molecule has 150 valence electrons. The van der Waals surface area contributed by atoms with E-state index in [1.807, 2.05) is 6.08 Å². The van der Waals surface area contributed by atoms with Crippen molar-refractivity contribution in [3.05, 3.63) is 59.4 Å². The molecule has 1 fully saturated rings. The van der Waals surface area contributed by atoms with Gasteiger partial charge in [0.1, 0.15) is 12.2 Å². The molecule has 0 amide bonds. The molecule has 1 aromatic carbocycles. The van der Waals surface area contributed by atoms with Crippen LogP contribution >= 0.6 is 0 Å². The summed E-state index contributed by atoms with van der Waals surface area (Å²) in [5.41, 5.74) is -0.692. The van der Waals surface area contributed by atoms with Crippen LogP contribution in [0.1, 0.15) is 54.4 Å². The van der Waals surface area contributed by atoms with Gasteiger partial charge in [-0.3, -0.25) is 0 Å². The van der Waals surface area contributed by atoms with Crippen molar-refractivity contribution in [3.8, 4) is 6.07 Å². The standard InChI is InChI=1S/C21H21F4NO2/c22-18(14-26)5-3-1-2-4-15-6-12-19(13-7-15)28-20(27)16-8-10-17(11-9-16)21(23,24)25/h1,3,5,8-11,15,19H,2,4,6-7,12-13H2/b3-1+,18-5?. The van der Waals surface area contributed by atoms with Gasteiger partial charge in [0.05, 0.1) is 11.1 Å². The molecule has 0 aliphatic heterocycles. The first-order chi connectivity index (χ1) is 13.3. The third-order valence-electron chi connectivity index (χ3n) is 4.74. The maximum absolute atomic E-state index is 12.6. The lowest BCUT2D eigenvalue weighted by atomic mass is 9.84. The van der Waals surface area contributed by atoms with Crippen LogP contribution in [0, 0.1) is 17.2 Å². The van der Waals surface area contributed by atoms with Crippen LogP contribution in [0.2, 0.25) is 0 Å². The quantitative estimate of drug-likeness (QED) is 0.252. The average Bonchev–Trinajstić information content (AvgIpc) is 2.68. The summed E-state index contributed by atoms with van der Waals surface area (Å²) in [5.74, 6) is -0.950. The van der Waals surface area contributed by atoms with Crippen LogP contribution in [0.25, 0.3) is 0 Å². The molecule has 0 aromatic heterocycles. The molecule has 0 spiro atoms. The smallest absolute Gasteiger partial charge is 0.416 e. The van der Waals surface area contributed by atoms with Crippen molar-refractivity contribution in [2.24, 2.45) is 5.92 Å². The number of carbonyl (C=O) groups is 1. The maximum Gasteiger partial charge on any atom is 0.416 e. The fourth-order valence-corrected chi connectivity index (χ4v) is 3.17. The van der Waals surface area contributed by atoms with Crippen molar-refractivity contribution in [3.63, 3.8) is 0 Å². The molecule has 1 saturated carbocycles. The monoisotopic (exact) mass is 395 g/mol. The Kier molecular flexibility index (Phi) is 7.80. The molecule has 1 aliphatic rings. The summed E-state index contributed by atoms with van der Waals surface area (Å²) >= 11 is 0. The SMILES string of the molecule is N#CC(F)=C/C=C/CCC1CCC(OC(=O)c2ccc(C(F)(F)F)cc2)CC1. The molecule has 3 nitrogen and oxygen atoms in total. The fourth-order valence-electron chi connectivity index (χ4n) is 3.17. The van der Waals surface area contributed by atoms with Crippen molar-refractivity contribution in [2.75, 3.05) is 0 Å². The summed E-state index contributed by atoms with van der Waals surface area (Å²) in [5, 5.41) is 8.29. The minimum atomic E-state index is -4.43. The molecule has 0 radical (unpaired) electrons. The van der Waals surface area contributed by atoms with Crippen LogP contribution < -0.4 is 0 Å². The van der Waals surface area contributed by atoms with E-state index >= 15 is 0 Å². The molecule has 0 N–H and O–H groups in total. The number of allylic oxidation sites excluding steroid dienone is 4. The highest BCUT2D eigenvalue weighted by Crippen LogP contribution is 2.31. The molecule has 7 heteroatoms. The number of halogens is 4. The lowest BCUT2D eigenvalue weighted by Crippen LogP contribution is -2.24. The minimum Gasteiger partial charge on any atom is -0.459 e. The van der Waals surface area contributed by atoms with Crippen LogP contribution in [0.4, 0.5) is 17.6 Å². The molecular formula is C21H21F4NO2.